The molecule has 0 saturated heterocycles. The Labute approximate surface area is 166 Å². The lowest BCUT2D eigenvalue weighted by Gasteiger charge is -2.17. The normalized spacial score (nSPS) is 15.0. The third-order valence-corrected chi connectivity index (χ3v) is 5.14. The van der Waals surface area contributed by atoms with Crippen molar-refractivity contribution >= 4 is 23.2 Å². The number of ether oxygens (including phenoxy) is 2. The topological polar surface area (TPSA) is 45.4 Å². The number of pyridine rings is 1. The minimum atomic E-state index is -2.92. The zero-order valence-corrected chi connectivity index (χ0v) is 16.1. The second kappa shape index (κ2) is 8.48. The zero-order valence-electron chi connectivity index (χ0n) is 14.6. The molecule has 27 heavy (non-hydrogen) atoms. The fraction of sp³-hybridized carbons (Fsp3) is 0.421. The van der Waals surface area contributed by atoms with E-state index in [-0.39, 0.29) is 21.7 Å². The summed E-state index contributed by atoms with van der Waals surface area (Å²) < 4.78 is 36.1. The van der Waals surface area contributed by atoms with Crippen molar-refractivity contribution in [3.05, 3.63) is 57.0 Å². The molecule has 1 aliphatic carbocycles. The first-order chi connectivity index (χ1) is 12.8. The number of nitrogens with zero attached hydrogens (tertiary/aromatic N) is 1. The van der Waals surface area contributed by atoms with E-state index in [4.69, 9.17) is 27.9 Å². The van der Waals surface area contributed by atoms with Gasteiger partial charge < -0.3 is 14.7 Å². The molecule has 4 nitrogen and oxygen atoms in total. The summed E-state index contributed by atoms with van der Waals surface area (Å²) in [4.78, 5) is 0. The van der Waals surface area contributed by atoms with Gasteiger partial charge in [-0.2, -0.15) is 13.5 Å². The van der Waals surface area contributed by atoms with Gasteiger partial charge in [-0.3, -0.25) is 0 Å². The highest BCUT2D eigenvalue weighted by molar-refractivity contribution is 6.35. The van der Waals surface area contributed by atoms with Crippen LogP contribution in [0.3, 0.4) is 0 Å². The van der Waals surface area contributed by atoms with Crippen LogP contribution in [-0.4, -0.2) is 13.2 Å². The molecule has 1 aliphatic rings. The largest absolute Gasteiger partial charge is 0.619 e. The number of hydrogen-bond acceptors (Lipinski definition) is 3. The summed E-state index contributed by atoms with van der Waals surface area (Å²) in [7, 11) is 0. The lowest BCUT2D eigenvalue weighted by atomic mass is 9.94. The number of benzene rings is 1. The monoisotopic (exact) mass is 417 g/mol. The Morgan fingerprint density at radius 1 is 1.19 bits per heavy atom. The highest BCUT2D eigenvalue weighted by Crippen LogP contribution is 2.37. The molecule has 0 N–H and O–H groups in total. The van der Waals surface area contributed by atoms with Crippen LogP contribution in [0.4, 0.5) is 8.78 Å². The van der Waals surface area contributed by atoms with Crippen LogP contribution in [0.2, 0.25) is 10.0 Å². The van der Waals surface area contributed by atoms with Crippen molar-refractivity contribution in [3.8, 4) is 11.5 Å². The molecule has 0 bridgehead atoms. The fourth-order valence-electron chi connectivity index (χ4n) is 2.78. The number of alkyl halides is 2. The van der Waals surface area contributed by atoms with Gasteiger partial charge >= 0.3 is 6.61 Å². The summed E-state index contributed by atoms with van der Waals surface area (Å²) in [5.41, 5.74) is 1.53. The highest BCUT2D eigenvalue weighted by atomic mass is 35.5. The summed E-state index contributed by atoms with van der Waals surface area (Å²) in [5.74, 6) is 0.761. The van der Waals surface area contributed by atoms with Gasteiger partial charge in [0.25, 0.3) is 0 Å². The molecule has 0 spiro atoms. The number of rotatable bonds is 8. The molecular weight excluding hydrogens is 399 g/mol. The van der Waals surface area contributed by atoms with Crippen LogP contribution < -0.4 is 14.2 Å². The van der Waals surface area contributed by atoms with Crippen LogP contribution in [-0.2, 0) is 6.42 Å². The Morgan fingerprint density at radius 2 is 1.85 bits per heavy atom. The zero-order chi connectivity index (χ0) is 19.6. The van der Waals surface area contributed by atoms with Crippen LogP contribution in [0.15, 0.2) is 30.6 Å². The van der Waals surface area contributed by atoms with Crippen LogP contribution >= 0.6 is 23.2 Å². The minimum absolute atomic E-state index is 0.0183. The predicted octanol–water partition coefficient (Wildman–Crippen LogP) is 5.36. The Kier molecular flexibility index (Phi) is 6.27. The Morgan fingerprint density at radius 3 is 2.44 bits per heavy atom. The molecule has 0 aliphatic heterocycles. The van der Waals surface area contributed by atoms with Crippen molar-refractivity contribution in [3.63, 3.8) is 0 Å². The van der Waals surface area contributed by atoms with E-state index in [9.17, 15) is 14.0 Å². The van der Waals surface area contributed by atoms with Gasteiger partial charge in [-0.25, -0.2) is 0 Å². The van der Waals surface area contributed by atoms with E-state index in [1.54, 1.807) is 12.1 Å². The lowest BCUT2D eigenvalue weighted by Crippen LogP contribution is -2.25. The number of halogens is 4. The molecule has 146 valence electrons. The molecule has 1 aromatic heterocycles. The van der Waals surface area contributed by atoms with Gasteiger partial charge in [-0.1, -0.05) is 36.2 Å². The highest BCUT2D eigenvalue weighted by Gasteiger charge is 2.24. The summed E-state index contributed by atoms with van der Waals surface area (Å²) in [6, 6.07) is 4.91. The van der Waals surface area contributed by atoms with Gasteiger partial charge in [-0.15, -0.1) is 0 Å². The van der Waals surface area contributed by atoms with E-state index in [0.29, 0.717) is 35.0 Å². The second-order valence-electron chi connectivity index (χ2n) is 6.74. The van der Waals surface area contributed by atoms with Crippen LogP contribution in [0.1, 0.15) is 36.8 Å². The average Bonchev–Trinajstić information content (AvgIpc) is 3.40. The van der Waals surface area contributed by atoms with Crippen molar-refractivity contribution < 1.29 is 23.0 Å². The van der Waals surface area contributed by atoms with Crippen molar-refractivity contribution in [2.45, 2.75) is 38.7 Å². The van der Waals surface area contributed by atoms with Crippen molar-refractivity contribution in [2.24, 2.45) is 5.92 Å². The first-order valence-electron chi connectivity index (χ1n) is 8.61. The molecule has 0 unspecified atom stereocenters. The maximum Gasteiger partial charge on any atom is 0.387 e. The first kappa shape index (κ1) is 20.0. The Bertz CT molecular complexity index is 793. The molecule has 1 atom stereocenters. The number of hydrogen-bond donors (Lipinski definition) is 0. The van der Waals surface area contributed by atoms with E-state index in [1.807, 2.05) is 6.92 Å². The minimum Gasteiger partial charge on any atom is -0.619 e. The first-order valence-corrected chi connectivity index (χ1v) is 9.37. The van der Waals surface area contributed by atoms with Gasteiger partial charge in [0, 0.05) is 5.56 Å². The molecule has 3 rings (SSSR count). The molecule has 2 aromatic rings. The maximum atomic E-state index is 12.6. The molecule has 1 fully saturated rings. The van der Waals surface area contributed by atoms with Crippen LogP contribution in [0.5, 0.6) is 11.5 Å². The maximum absolute atomic E-state index is 12.6. The summed E-state index contributed by atoms with van der Waals surface area (Å²) >= 11 is 12.3. The smallest absolute Gasteiger partial charge is 0.387 e. The Hall–Kier alpha value is -1.79. The summed E-state index contributed by atoms with van der Waals surface area (Å²) in [6.07, 6.45) is 5.16. The van der Waals surface area contributed by atoms with Gasteiger partial charge in [0.05, 0.1) is 6.61 Å². The van der Waals surface area contributed by atoms with E-state index in [0.717, 1.165) is 18.4 Å². The number of aromatic nitrogens is 1. The summed E-state index contributed by atoms with van der Waals surface area (Å²) in [6.45, 7) is -0.479. The second-order valence-corrected chi connectivity index (χ2v) is 7.55. The van der Waals surface area contributed by atoms with Crippen molar-refractivity contribution in [2.75, 3.05) is 6.61 Å². The molecule has 1 aromatic carbocycles. The molecule has 0 amide bonds. The van der Waals surface area contributed by atoms with Gasteiger partial charge in [0.15, 0.2) is 23.9 Å². The van der Waals surface area contributed by atoms with E-state index in [1.165, 1.54) is 18.5 Å². The molecular formula is C19H19Cl2F2NO3. The quantitative estimate of drug-likeness (QED) is 0.428. The molecule has 1 saturated carbocycles. The van der Waals surface area contributed by atoms with Crippen molar-refractivity contribution in [1.29, 1.82) is 0 Å². The average molecular weight is 418 g/mol. The standard InChI is InChI=1S/C19H19Cl2F2NO3/c1-11(6-14-15(20)8-24(25)9-16(14)21)13-4-5-17(27-19(22)23)18(7-13)26-10-12-2-3-12/h4-5,7-9,11-12,19H,2-3,6,10H2,1H3/t11-/m0/s1. The molecule has 8 heteroatoms. The third-order valence-electron chi connectivity index (χ3n) is 4.49. The van der Waals surface area contributed by atoms with Crippen LogP contribution in [0, 0.1) is 11.1 Å². The van der Waals surface area contributed by atoms with Crippen molar-refractivity contribution in [1.82, 2.24) is 0 Å². The molecule has 1 heterocycles. The predicted molar refractivity (Wildman–Crippen MR) is 98.8 cm³/mol. The SMILES string of the molecule is C[C@@H](Cc1c(Cl)c[n+]([O-])cc1Cl)c1ccc(OC(F)F)c(OCC2CC2)c1. The van der Waals surface area contributed by atoms with Gasteiger partial charge in [0.1, 0.15) is 10.0 Å². The van der Waals surface area contributed by atoms with Gasteiger partial charge in [0.2, 0.25) is 0 Å². The fourth-order valence-corrected chi connectivity index (χ4v) is 3.38. The van der Waals surface area contributed by atoms with E-state index >= 15 is 0 Å². The van der Waals surface area contributed by atoms with E-state index in [2.05, 4.69) is 4.74 Å². The van der Waals surface area contributed by atoms with E-state index < -0.39 is 6.61 Å². The third kappa shape index (κ3) is 5.36. The Balaban J connectivity index is 1.81. The van der Waals surface area contributed by atoms with Gasteiger partial charge in [-0.05, 0) is 48.8 Å². The lowest BCUT2D eigenvalue weighted by molar-refractivity contribution is -0.605. The summed E-state index contributed by atoms with van der Waals surface area (Å²) in [5, 5.41) is 11.9. The van der Waals surface area contributed by atoms with Crippen LogP contribution in [0.25, 0.3) is 0 Å². The molecule has 0 radical (unpaired) electrons.